The van der Waals surface area contributed by atoms with Crippen LogP contribution in [0.3, 0.4) is 0 Å². The number of hydrogen-bond acceptors (Lipinski definition) is 2. The second kappa shape index (κ2) is 18.0. The van der Waals surface area contributed by atoms with Crippen molar-refractivity contribution in [3.05, 3.63) is 220 Å². The topological polar surface area (TPSA) is 6.48 Å². The highest BCUT2D eigenvalue weighted by Crippen LogP contribution is 2.53. The number of nitrogens with zero attached hydrogens (tertiary/aromatic N) is 2. The summed E-state index contributed by atoms with van der Waals surface area (Å²) in [7, 11) is 0. The lowest BCUT2D eigenvalue weighted by atomic mass is 9.33. The van der Waals surface area contributed by atoms with Crippen LogP contribution in [0.25, 0.3) is 11.1 Å². The lowest BCUT2D eigenvalue weighted by Crippen LogP contribution is -2.62. The zero-order valence-electron chi connectivity index (χ0n) is 49.6. The molecule has 0 aromatic heterocycles. The third kappa shape index (κ3) is 8.89. The molecule has 8 aromatic carbocycles. The Morgan fingerprint density at radius 1 is 0.351 bits per heavy atom. The second-order valence-electron chi connectivity index (χ2n) is 28.6. The summed E-state index contributed by atoms with van der Waals surface area (Å²) in [6.45, 7) is 40.7. The molecule has 8 aromatic rings. The molecule has 1 aliphatic carbocycles. The molecule has 3 heteroatoms. The fourth-order valence-electron chi connectivity index (χ4n) is 13.1. The summed E-state index contributed by atoms with van der Waals surface area (Å²) in [6.07, 6.45) is 2.30. The summed E-state index contributed by atoms with van der Waals surface area (Å²) in [5.41, 5.74) is 25.5. The van der Waals surface area contributed by atoms with Gasteiger partial charge in [-0.2, -0.15) is 0 Å². The molecule has 0 saturated carbocycles. The van der Waals surface area contributed by atoms with Crippen molar-refractivity contribution < 1.29 is 0 Å². The van der Waals surface area contributed by atoms with E-state index in [0.29, 0.717) is 0 Å². The van der Waals surface area contributed by atoms with Crippen LogP contribution in [0, 0.1) is 0 Å². The van der Waals surface area contributed by atoms with Crippen LogP contribution in [-0.4, -0.2) is 6.71 Å². The molecule has 3 aliphatic rings. The molecular formula is C74H83BN2. The Balaban J connectivity index is 1.28. The lowest BCUT2D eigenvalue weighted by molar-refractivity contribution is 0.332. The molecule has 392 valence electrons. The standard InChI is InChI=1S/C74H83BN2/c1-68(2,3)51-31-24-26-48(40-51)57-42-52(69(4,5)6)35-37-62(57)77-64-47-59-58(71(10,11)38-39-72(59,12)13)46-61(64)75-60-36-34-54(74(16,17)50-29-22-19-23-30-50)43-63(60)76(65-44-55(70(7,8)9)45-66(77)67(65)75)56-33-25-32-53(41-56)73(14,15)49-27-20-18-21-28-49/h18-37,40-47H,38-39H2,1-17H3. The minimum Gasteiger partial charge on any atom is -0.311 e. The van der Waals surface area contributed by atoms with Crippen LogP contribution in [0.1, 0.15) is 181 Å². The highest BCUT2D eigenvalue weighted by molar-refractivity contribution is 7.00. The molecule has 11 rings (SSSR count). The van der Waals surface area contributed by atoms with Crippen LogP contribution in [0.2, 0.25) is 0 Å². The van der Waals surface area contributed by atoms with Gasteiger partial charge in [-0.25, -0.2) is 0 Å². The summed E-state index contributed by atoms with van der Waals surface area (Å²) in [4.78, 5) is 5.40. The number of anilines is 6. The van der Waals surface area contributed by atoms with Crippen LogP contribution in [0.5, 0.6) is 0 Å². The van der Waals surface area contributed by atoms with Crippen molar-refractivity contribution in [2.45, 2.75) is 168 Å². The molecule has 0 bridgehead atoms. The number of fused-ring (bicyclic) bond motifs is 5. The Bertz CT molecular complexity index is 3590. The van der Waals surface area contributed by atoms with Crippen molar-refractivity contribution in [2.24, 2.45) is 0 Å². The van der Waals surface area contributed by atoms with E-state index in [2.05, 4.69) is 297 Å². The average molecular weight is 1010 g/mol. The molecular weight excluding hydrogens is 928 g/mol. The monoisotopic (exact) mass is 1010 g/mol. The number of hydrogen-bond donors (Lipinski definition) is 0. The Kier molecular flexibility index (Phi) is 12.3. The van der Waals surface area contributed by atoms with Crippen molar-refractivity contribution in [1.29, 1.82) is 0 Å². The van der Waals surface area contributed by atoms with E-state index in [1.54, 1.807) is 0 Å². The van der Waals surface area contributed by atoms with E-state index < -0.39 is 0 Å². The van der Waals surface area contributed by atoms with Gasteiger partial charge in [0, 0.05) is 44.8 Å². The molecule has 0 amide bonds. The van der Waals surface area contributed by atoms with Gasteiger partial charge in [0.15, 0.2) is 0 Å². The molecule has 0 N–H and O–H groups in total. The summed E-state index contributed by atoms with van der Waals surface area (Å²) in [5, 5.41) is 0. The van der Waals surface area contributed by atoms with Gasteiger partial charge in [0.25, 0.3) is 6.71 Å². The smallest absolute Gasteiger partial charge is 0.252 e. The first-order valence-electron chi connectivity index (χ1n) is 28.7. The average Bonchev–Trinajstić information content (AvgIpc) is 3.44. The van der Waals surface area contributed by atoms with Crippen LogP contribution in [-0.2, 0) is 37.9 Å². The fourth-order valence-corrected chi connectivity index (χ4v) is 13.1. The van der Waals surface area contributed by atoms with Gasteiger partial charge in [0.1, 0.15) is 0 Å². The van der Waals surface area contributed by atoms with Crippen molar-refractivity contribution in [3.8, 4) is 11.1 Å². The van der Waals surface area contributed by atoms with Gasteiger partial charge in [-0.3, -0.25) is 0 Å². The molecule has 2 nitrogen and oxygen atoms in total. The largest absolute Gasteiger partial charge is 0.311 e. The molecule has 2 heterocycles. The van der Waals surface area contributed by atoms with Gasteiger partial charge >= 0.3 is 0 Å². The maximum Gasteiger partial charge on any atom is 0.252 e. The second-order valence-corrected chi connectivity index (χ2v) is 28.6. The Hall–Kier alpha value is -6.58. The molecule has 77 heavy (non-hydrogen) atoms. The minimum absolute atomic E-state index is 0.00193. The summed E-state index contributed by atoms with van der Waals surface area (Å²) < 4.78 is 0. The Labute approximate surface area is 464 Å². The Morgan fingerprint density at radius 2 is 0.818 bits per heavy atom. The third-order valence-electron chi connectivity index (χ3n) is 18.6. The molecule has 0 unspecified atom stereocenters. The van der Waals surface area contributed by atoms with Gasteiger partial charge in [0.2, 0.25) is 0 Å². The van der Waals surface area contributed by atoms with Crippen LogP contribution in [0.4, 0.5) is 34.1 Å². The molecule has 0 fully saturated rings. The van der Waals surface area contributed by atoms with Crippen molar-refractivity contribution >= 4 is 57.2 Å². The van der Waals surface area contributed by atoms with E-state index in [0.717, 1.165) is 12.8 Å². The molecule has 0 atom stereocenters. The van der Waals surface area contributed by atoms with Gasteiger partial charge in [-0.15, -0.1) is 0 Å². The molecule has 0 saturated heterocycles. The highest BCUT2D eigenvalue weighted by atomic mass is 15.2. The third-order valence-corrected chi connectivity index (χ3v) is 18.6. The van der Waals surface area contributed by atoms with E-state index in [-0.39, 0.29) is 44.6 Å². The summed E-state index contributed by atoms with van der Waals surface area (Å²) >= 11 is 0. The van der Waals surface area contributed by atoms with Crippen LogP contribution < -0.4 is 26.2 Å². The predicted molar refractivity (Wildman–Crippen MR) is 334 cm³/mol. The van der Waals surface area contributed by atoms with Crippen LogP contribution in [0.15, 0.2) is 170 Å². The molecule has 0 spiro atoms. The Morgan fingerprint density at radius 3 is 1.40 bits per heavy atom. The van der Waals surface area contributed by atoms with Gasteiger partial charge in [0.05, 0.1) is 5.69 Å². The highest BCUT2D eigenvalue weighted by Gasteiger charge is 2.48. The zero-order valence-corrected chi connectivity index (χ0v) is 49.6. The van der Waals surface area contributed by atoms with E-state index in [9.17, 15) is 0 Å². The van der Waals surface area contributed by atoms with Gasteiger partial charge < -0.3 is 9.80 Å². The molecule has 0 radical (unpaired) electrons. The number of benzene rings is 8. The fraction of sp³-hybridized carbons (Fsp3) is 0.351. The van der Waals surface area contributed by atoms with E-state index in [1.807, 2.05) is 0 Å². The van der Waals surface area contributed by atoms with Gasteiger partial charge in [-0.05, 0) is 160 Å². The maximum absolute atomic E-state index is 2.73. The first kappa shape index (κ1) is 52.5. The predicted octanol–water partition coefficient (Wildman–Crippen LogP) is 18.3. The van der Waals surface area contributed by atoms with E-state index in [4.69, 9.17) is 0 Å². The minimum atomic E-state index is -0.256. The van der Waals surface area contributed by atoms with E-state index >= 15 is 0 Å². The van der Waals surface area contributed by atoms with Crippen molar-refractivity contribution in [1.82, 2.24) is 0 Å². The number of rotatable bonds is 7. The molecule has 2 aliphatic heterocycles. The lowest BCUT2D eigenvalue weighted by Gasteiger charge is -2.48. The quantitative estimate of drug-likeness (QED) is 0.147. The van der Waals surface area contributed by atoms with E-state index in [1.165, 1.54) is 112 Å². The normalized spacial score (nSPS) is 15.9. The first-order valence-corrected chi connectivity index (χ1v) is 28.7. The summed E-state index contributed by atoms with van der Waals surface area (Å²) in [6, 6.07) is 66.5. The maximum atomic E-state index is 2.73. The SMILES string of the molecule is CC(C)(C)c1cccc(-c2cc(C(C)(C)C)ccc2N2c3cc4c(cc3B3c5ccc(C(C)(C)c6ccccc6)cc5N(c5cccc(C(C)(C)c6ccccc6)c5)c5cc(C(C)(C)C)cc2c53)C(C)(C)CCC4(C)C)c1. The summed E-state index contributed by atoms with van der Waals surface area (Å²) in [5.74, 6) is 0. The van der Waals surface area contributed by atoms with Crippen molar-refractivity contribution in [2.75, 3.05) is 9.80 Å². The van der Waals surface area contributed by atoms with Gasteiger partial charge in [-0.1, -0.05) is 239 Å². The first-order chi connectivity index (χ1) is 36.1. The zero-order chi connectivity index (χ0) is 55.0. The van der Waals surface area contributed by atoms with Crippen molar-refractivity contribution in [3.63, 3.8) is 0 Å². The van der Waals surface area contributed by atoms with Crippen LogP contribution >= 0.6 is 0 Å².